The fourth-order valence-electron chi connectivity index (χ4n) is 2.09. The highest BCUT2D eigenvalue weighted by atomic mass is 35.5. The van der Waals surface area contributed by atoms with E-state index in [0.29, 0.717) is 27.3 Å². The number of rotatable bonds is 2. The Bertz CT molecular complexity index is 917. The Morgan fingerprint density at radius 1 is 1.30 bits per heavy atom. The average Bonchev–Trinajstić information content (AvgIpc) is 2.99. The van der Waals surface area contributed by atoms with E-state index in [0.717, 1.165) is 5.52 Å². The monoisotopic (exact) mass is 328 g/mol. The summed E-state index contributed by atoms with van der Waals surface area (Å²) in [6, 6.07) is 9.59. The number of carbonyl (C=O) groups excluding carboxylic acids is 1. The first-order chi connectivity index (χ1) is 11.0. The zero-order valence-corrected chi connectivity index (χ0v) is 12.6. The second-order valence-corrected chi connectivity index (χ2v) is 5.19. The predicted octanol–water partition coefficient (Wildman–Crippen LogP) is 2.74. The first-order valence-electron chi connectivity index (χ1n) is 6.67. The molecule has 2 amide bonds. The first kappa shape index (κ1) is 14.9. The molecule has 6 N–H and O–H groups in total. The number of H-pyrrole nitrogens is 1. The fourth-order valence-corrected chi connectivity index (χ4v) is 2.36. The topological polar surface area (TPSA) is 122 Å². The fraction of sp³-hybridized carbons (Fsp3) is 0. The van der Waals surface area contributed by atoms with Crippen molar-refractivity contribution in [1.82, 2.24) is 10.2 Å². The van der Waals surface area contributed by atoms with Gasteiger partial charge in [-0.2, -0.15) is 10.1 Å². The van der Waals surface area contributed by atoms with Gasteiger partial charge in [0.15, 0.2) is 0 Å². The average molecular weight is 329 g/mol. The Hall–Kier alpha value is -3.06. The highest BCUT2D eigenvalue weighted by Crippen LogP contribution is 2.29. The Labute approximate surface area is 136 Å². The molecule has 0 atom stereocenters. The molecular formula is C15H13ClN6O. The van der Waals surface area contributed by atoms with Crippen molar-refractivity contribution in [2.45, 2.75) is 0 Å². The van der Waals surface area contributed by atoms with Crippen LogP contribution in [0.4, 0.5) is 16.2 Å². The van der Waals surface area contributed by atoms with E-state index in [4.69, 9.17) is 23.1 Å². The van der Waals surface area contributed by atoms with Crippen LogP contribution in [0.15, 0.2) is 47.6 Å². The standard InChI is InChI=1S/C15H13ClN6O/c16-13-10-7-19-22-11(10)4-5-12(13)20-15(23)21-14(18)8-2-1-3-9(17)6-8/h1-7H,17H2,(H,19,22)(H3,18,20,21,23). The Balaban J connectivity index is 1.83. The molecule has 116 valence electrons. The molecule has 23 heavy (non-hydrogen) atoms. The molecule has 1 heterocycles. The maximum absolute atomic E-state index is 12.0. The SMILES string of the molecule is N/C(=N\C(=O)Nc1ccc2[nH]ncc2c1Cl)c1cccc(N)c1. The summed E-state index contributed by atoms with van der Waals surface area (Å²) in [5, 5.41) is 10.4. The lowest BCUT2D eigenvalue weighted by molar-refractivity contribution is 0.259. The molecule has 3 aromatic rings. The van der Waals surface area contributed by atoms with E-state index in [1.165, 1.54) is 0 Å². The first-order valence-corrected chi connectivity index (χ1v) is 7.05. The lowest BCUT2D eigenvalue weighted by Crippen LogP contribution is -2.18. The van der Waals surface area contributed by atoms with Gasteiger partial charge < -0.3 is 16.8 Å². The number of benzene rings is 2. The summed E-state index contributed by atoms with van der Waals surface area (Å²) in [6.07, 6.45) is 1.58. The molecule has 0 aliphatic rings. The van der Waals surface area contributed by atoms with Crippen LogP contribution in [0.3, 0.4) is 0 Å². The van der Waals surface area contributed by atoms with Crippen LogP contribution < -0.4 is 16.8 Å². The molecule has 1 aromatic heterocycles. The summed E-state index contributed by atoms with van der Waals surface area (Å²) in [5.74, 6) is 0.0651. The number of hydrogen-bond acceptors (Lipinski definition) is 3. The normalized spacial score (nSPS) is 11.6. The molecule has 2 aromatic carbocycles. The van der Waals surface area contributed by atoms with Crippen LogP contribution in [0.5, 0.6) is 0 Å². The van der Waals surface area contributed by atoms with Crippen LogP contribution in [0.1, 0.15) is 5.56 Å². The lowest BCUT2D eigenvalue weighted by Gasteiger charge is -2.06. The number of nitrogen functional groups attached to an aromatic ring is 1. The van der Waals surface area contributed by atoms with Crippen molar-refractivity contribution in [2.75, 3.05) is 11.1 Å². The number of aromatic nitrogens is 2. The Kier molecular flexibility index (Phi) is 3.86. The third-order valence-corrected chi connectivity index (χ3v) is 3.61. The molecule has 0 aliphatic carbocycles. The molecule has 3 rings (SSSR count). The van der Waals surface area contributed by atoms with Crippen molar-refractivity contribution in [3.8, 4) is 0 Å². The van der Waals surface area contributed by atoms with Crippen LogP contribution in [-0.2, 0) is 0 Å². The maximum atomic E-state index is 12.0. The molecule has 8 heteroatoms. The number of aliphatic imine (C=N–C) groups is 1. The van der Waals surface area contributed by atoms with Crippen molar-refractivity contribution in [2.24, 2.45) is 10.7 Å². The third-order valence-electron chi connectivity index (χ3n) is 3.20. The smallest absolute Gasteiger partial charge is 0.347 e. The number of halogens is 1. The van der Waals surface area contributed by atoms with E-state index in [9.17, 15) is 4.79 Å². The number of nitrogens with one attached hydrogen (secondary N) is 2. The summed E-state index contributed by atoms with van der Waals surface area (Å²) in [7, 11) is 0. The molecule has 0 bridgehead atoms. The van der Waals surface area contributed by atoms with Gasteiger partial charge in [0.05, 0.1) is 22.4 Å². The summed E-state index contributed by atoms with van der Waals surface area (Å²) in [6.45, 7) is 0. The zero-order valence-electron chi connectivity index (χ0n) is 11.9. The maximum Gasteiger partial charge on any atom is 0.347 e. The highest BCUT2D eigenvalue weighted by Gasteiger charge is 2.10. The van der Waals surface area contributed by atoms with Gasteiger partial charge in [0, 0.05) is 16.6 Å². The molecule has 0 aliphatic heterocycles. The number of nitrogens with zero attached hydrogens (tertiary/aromatic N) is 2. The minimum atomic E-state index is -0.630. The Morgan fingerprint density at radius 2 is 2.13 bits per heavy atom. The second-order valence-electron chi connectivity index (χ2n) is 4.81. The number of carbonyl (C=O) groups is 1. The van der Waals surface area contributed by atoms with E-state index in [2.05, 4.69) is 20.5 Å². The quantitative estimate of drug-likeness (QED) is 0.328. The molecule has 0 unspecified atom stereocenters. The zero-order chi connectivity index (χ0) is 16.4. The predicted molar refractivity (Wildman–Crippen MR) is 91.7 cm³/mol. The number of aromatic amines is 1. The van der Waals surface area contributed by atoms with Crippen LogP contribution in [0, 0.1) is 0 Å². The van der Waals surface area contributed by atoms with Gasteiger partial charge >= 0.3 is 6.03 Å². The van der Waals surface area contributed by atoms with Crippen molar-refractivity contribution in [1.29, 1.82) is 0 Å². The van der Waals surface area contributed by atoms with Crippen molar-refractivity contribution < 1.29 is 4.79 Å². The number of amides is 2. The van der Waals surface area contributed by atoms with Crippen molar-refractivity contribution in [3.63, 3.8) is 0 Å². The Morgan fingerprint density at radius 3 is 2.91 bits per heavy atom. The molecule has 0 saturated heterocycles. The number of nitrogens with two attached hydrogens (primary N) is 2. The number of amidine groups is 1. The van der Waals surface area contributed by atoms with Crippen LogP contribution in [0.2, 0.25) is 5.02 Å². The lowest BCUT2D eigenvalue weighted by atomic mass is 10.2. The van der Waals surface area contributed by atoms with Crippen molar-refractivity contribution >= 4 is 45.7 Å². The minimum Gasteiger partial charge on any atom is -0.399 e. The van der Waals surface area contributed by atoms with Crippen LogP contribution in [0.25, 0.3) is 10.9 Å². The number of hydrogen-bond donors (Lipinski definition) is 4. The number of anilines is 2. The second kappa shape index (κ2) is 5.98. The summed E-state index contributed by atoms with van der Waals surface area (Å²) >= 11 is 6.23. The van der Waals surface area contributed by atoms with E-state index in [-0.39, 0.29) is 5.84 Å². The molecule has 0 fully saturated rings. The van der Waals surface area contributed by atoms with Gasteiger partial charge in [0.25, 0.3) is 0 Å². The molecule has 7 nitrogen and oxygen atoms in total. The largest absolute Gasteiger partial charge is 0.399 e. The summed E-state index contributed by atoms with van der Waals surface area (Å²) < 4.78 is 0. The van der Waals surface area contributed by atoms with E-state index in [1.807, 2.05) is 0 Å². The van der Waals surface area contributed by atoms with Crippen LogP contribution >= 0.6 is 11.6 Å². The molecule has 0 radical (unpaired) electrons. The van der Waals surface area contributed by atoms with Gasteiger partial charge in [0.1, 0.15) is 5.84 Å². The van der Waals surface area contributed by atoms with Gasteiger partial charge in [-0.3, -0.25) is 5.10 Å². The molecule has 0 spiro atoms. The number of urea groups is 1. The van der Waals surface area contributed by atoms with E-state index >= 15 is 0 Å². The number of fused-ring (bicyclic) bond motifs is 1. The molecular weight excluding hydrogens is 316 g/mol. The van der Waals surface area contributed by atoms with E-state index < -0.39 is 6.03 Å². The minimum absolute atomic E-state index is 0.0651. The van der Waals surface area contributed by atoms with Gasteiger partial charge in [-0.1, -0.05) is 23.7 Å². The summed E-state index contributed by atoms with van der Waals surface area (Å²) in [4.78, 5) is 15.8. The van der Waals surface area contributed by atoms with Gasteiger partial charge in [-0.25, -0.2) is 4.79 Å². The molecule has 0 saturated carbocycles. The van der Waals surface area contributed by atoms with Gasteiger partial charge in [-0.15, -0.1) is 0 Å². The van der Waals surface area contributed by atoms with Gasteiger partial charge in [0.2, 0.25) is 0 Å². The summed E-state index contributed by atoms with van der Waals surface area (Å²) in [5.41, 5.74) is 13.8. The van der Waals surface area contributed by atoms with Crippen molar-refractivity contribution in [3.05, 3.63) is 53.2 Å². The van der Waals surface area contributed by atoms with Crippen LogP contribution in [-0.4, -0.2) is 22.1 Å². The van der Waals surface area contributed by atoms with Gasteiger partial charge in [-0.05, 0) is 24.3 Å². The highest BCUT2D eigenvalue weighted by molar-refractivity contribution is 6.38. The third kappa shape index (κ3) is 3.09. The van der Waals surface area contributed by atoms with E-state index in [1.54, 1.807) is 42.6 Å².